The number of fused-ring (bicyclic) bond motifs is 1. The van der Waals surface area contributed by atoms with Gasteiger partial charge in [0.1, 0.15) is 11.8 Å². The summed E-state index contributed by atoms with van der Waals surface area (Å²) < 4.78 is 5.61. The summed E-state index contributed by atoms with van der Waals surface area (Å²) in [5.41, 5.74) is 0.955. The first kappa shape index (κ1) is 16.7. The van der Waals surface area contributed by atoms with Gasteiger partial charge in [-0.2, -0.15) is 0 Å². The molecule has 1 unspecified atom stereocenters. The van der Waals surface area contributed by atoms with Crippen molar-refractivity contribution >= 4 is 22.6 Å². The highest BCUT2D eigenvalue weighted by atomic mass is 16.5. The topological polar surface area (TPSA) is 55.4 Å². The zero-order chi connectivity index (χ0) is 17.6. The maximum Gasteiger partial charge on any atom is 0.334 e. The Hall–Kier alpha value is -3.14. The summed E-state index contributed by atoms with van der Waals surface area (Å²) in [4.78, 5) is 24.2. The number of carbonyl (C=O) groups is 2. The van der Waals surface area contributed by atoms with Crippen LogP contribution in [0.4, 0.5) is 0 Å². The Morgan fingerprint density at radius 1 is 0.920 bits per heavy atom. The van der Waals surface area contributed by atoms with E-state index in [1.54, 1.807) is 6.07 Å². The fourth-order valence-corrected chi connectivity index (χ4v) is 2.75. The third-order valence-electron chi connectivity index (χ3n) is 3.90. The van der Waals surface area contributed by atoms with Gasteiger partial charge in [-0.25, -0.2) is 4.79 Å². The van der Waals surface area contributed by atoms with E-state index in [1.165, 1.54) is 6.92 Å². The minimum absolute atomic E-state index is 0.268. The molecule has 0 aromatic heterocycles. The molecule has 0 heterocycles. The van der Waals surface area contributed by atoms with Crippen LogP contribution in [0, 0.1) is 0 Å². The third kappa shape index (κ3) is 4.23. The van der Waals surface area contributed by atoms with Crippen molar-refractivity contribution in [3.63, 3.8) is 0 Å². The number of amides is 1. The largest absolute Gasteiger partial charge is 0.424 e. The van der Waals surface area contributed by atoms with Crippen LogP contribution in [-0.4, -0.2) is 17.9 Å². The van der Waals surface area contributed by atoms with Crippen LogP contribution in [0.15, 0.2) is 72.8 Å². The predicted molar refractivity (Wildman–Crippen MR) is 97.3 cm³/mol. The van der Waals surface area contributed by atoms with Gasteiger partial charge in [0.05, 0.1) is 0 Å². The highest BCUT2D eigenvalue weighted by Crippen LogP contribution is 2.25. The Morgan fingerprint density at radius 2 is 1.60 bits per heavy atom. The number of carbonyl (C=O) groups excluding carboxylic acids is 2. The SMILES string of the molecule is CC(=O)NC(Cc1ccccc1)C(=O)Oc1cccc2ccccc12. The van der Waals surface area contributed by atoms with Gasteiger partial charge >= 0.3 is 5.97 Å². The Morgan fingerprint density at radius 3 is 2.36 bits per heavy atom. The summed E-state index contributed by atoms with van der Waals surface area (Å²) in [6.45, 7) is 1.39. The lowest BCUT2D eigenvalue weighted by atomic mass is 10.1. The highest BCUT2D eigenvalue weighted by molar-refractivity contribution is 5.92. The molecule has 3 aromatic carbocycles. The van der Waals surface area contributed by atoms with Crippen molar-refractivity contribution < 1.29 is 14.3 Å². The summed E-state index contributed by atoms with van der Waals surface area (Å²) in [5, 5.41) is 4.54. The molecule has 0 spiro atoms. The Bertz CT molecular complexity index is 885. The number of hydrogen-bond acceptors (Lipinski definition) is 3. The minimum atomic E-state index is -0.737. The van der Waals surface area contributed by atoms with Crippen LogP contribution in [0.3, 0.4) is 0 Å². The van der Waals surface area contributed by atoms with Gasteiger partial charge in [-0.3, -0.25) is 4.79 Å². The van der Waals surface area contributed by atoms with Gasteiger partial charge in [0.15, 0.2) is 0 Å². The van der Waals surface area contributed by atoms with Gasteiger partial charge in [-0.05, 0) is 17.0 Å². The molecule has 0 aliphatic heterocycles. The maximum atomic E-state index is 12.7. The van der Waals surface area contributed by atoms with E-state index in [4.69, 9.17) is 4.74 Å². The normalized spacial score (nSPS) is 11.7. The van der Waals surface area contributed by atoms with Gasteiger partial charge in [0.25, 0.3) is 0 Å². The number of esters is 1. The molecule has 1 N–H and O–H groups in total. The monoisotopic (exact) mass is 333 g/mol. The lowest BCUT2D eigenvalue weighted by Crippen LogP contribution is -2.43. The first-order chi connectivity index (χ1) is 12.1. The van der Waals surface area contributed by atoms with E-state index in [-0.39, 0.29) is 5.91 Å². The first-order valence-electron chi connectivity index (χ1n) is 8.14. The van der Waals surface area contributed by atoms with Gasteiger partial charge in [0, 0.05) is 18.7 Å². The lowest BCUT2D eigenvalue weighted by molar-refractivity contribution is -0.138. The minimum Gasteiger partial charge on any atom is -0.424 e. The molecule has 126 valence electrons. The van der Waals surface area contributed by atoms with Gasteiger partial charge < -0.3 is 10.1 Å². The zero-order valence-electron chi connectivity index (χ0n) is 13.9. The molecule has 0 bridgehead atoms. The fourth-order valence-electron chi connectivity index (χ4n) is 2.75. The summed E-state index contributed by atoms with van der Waals surface area (Å²) >= 11 is 0. The van der Waals surface area contributed by atoms with E-state index in [1.807, 2.05) is 66.7 Å². The van der Waals surface area contributed by atoms with E-state index in [0.29, 0.717) is 12.2 Å². The molecule has 25 heavy (non-hydrogen) atoms. The van der Waals surface area contributed by atoms with E-state index >= 15 is 0 Å². The molecule has 3 aromatic rings. The van der Waals surface area contributed by atoms with Crippen molar-refractivity contribution in [1.29, 1.82) is 0 Å². The molecule has 0 radical (unpaired) electrons. The van der Waals surface area contributed by atoms with Crippen molar-refractivity contribution in [1.82, 2.24) is 5.32 Å². The molecule has 1 atom stereocenters. The molecule has 0 aliphatic rings. The van der Waals surface area contributed by atoms with Crippen molar-refractivity contribution in [2.24, 2.45) is 0 Å². The number of hydrogen-bond donors (Lipinski definition) is 1. The third-order valence-corrected chi connectivity index (χ3v) is 3.90. The lowest BCUT2D eigenvalue weighted by Gasteiger charge is -2.17. The zero-order valence-corrected chi connectivity index (χ0v) is 13.9. The molecular formula is C21H19NO3. The van der Waals surface area contributed by atoms with Crippen LogP contribution in [0.1, 0.15) is 12.5 Å². The molecule has 3 rings (SSSR count). The van der Waals surface area contributed by atoms with E-state index in [0.717, 1.165) is 16.3 Å². The second kappa shape index (κ2) is 7.62. The second-order valence-electron chi connectivity index (χ2n) is 5.84. The highest BCUT2D eigenvalue weighted by Gasteiger charge is 2.22. The predicted octanol–water partition coefficient (Wildman–Crippen LogP) is 3.49. The summed E-state index contributed by atoms with van der Waals surface area (Å²) in [5.74, 6) is -0.252. The Balaban J connectivity index is 1.83. The molecule has 0 saturated heterocycles. The van der Waals surface area contributed by atoms with E-state index in [2.05, 4.69) is 5.32 Å². The van der Waals surface area contributed by atoms with Gasteiger partial charge in [-0.15, -0.1) is 0 Å². The Labute approximate surface area is 146 Å². The van der Waals surface area contributed by atoms with Crippen LogP contribution in [0.2, 0.25) is 0 Å². The maximum absolute atomic E-state index is 12.7. The van der Waals surface area contributed by atoms with Crippen LogP contribution in [0.5, 0.6) is 5.75 Å². The smallest absolute Gasteiger partial charge is 0.334 e. The Kier molecular flexibility index (Phi) is 5.09. The van der Waals surface area contributed by atoms with Crippen LogP contribution in [-0.2, 0) is 16.0 Å². The van der Waals surface area contributed by atoms with Crippen LogP contribution >= 0.6 is 0 Å². The summed E-state index contributed by atoms with van der Waals surface area (Å²) in [6.07, 6.45) is 0.379. The average Bonchev–Trinajstić information content (AvgIpc) is 2.62. The second-order valence-corrected chi connectivity index (χ2v) is 5.84. The van der Waals surface area contributed by atoms with Crippen molar-refractivity contribution in [2.75, 3.05) is 0 Å². The quantitative estimate of drug-likeness (QED) is 0.574. The number of benzene rings is 3. The molecule has 0 saturated carbocycles. The first-order valence-corrected chi connectivity index (χ1v) is 8.14. The van der Waals surface area contributed by atoms with E-state index < -0.39 is 12.0 Å². The summed E-state index contributed by atoms with van der Waals surface area (Å²) in [6, 6.07) is 22.1. The number of nitrogens with one attached hydrogen (secondary N) is 1. The molecular weight excluding hydrogens is 314 g/mol. The van der Waals surface area contributed by atoms with Gasteiger partial charge in [0.2, 0.25) is 5.91 Å². The molecule has 1 amide bonds. The molecule has 4 nitrogen and oxygen atoms in total. The fraction of sp³-hybridized carbons (Fsp3) is 0.143. The molecule has 0 aliphatic carbocycles. The van der Waals surface area contributed by atoms with Crippen molar-refractivity contribution in [2.45, 2.75) is 19.4 Å². The van der Waals surface area contributed by atoms with Crippen LogP contribution in [0.25, 0.3) is 10.8 Å². The standard InChI is InChI=1S/C21H19NO3/c1-15(23)22-19(14-16-8-3-2-4-9-16)21(24)25-20-13-7-11-17-10-5-6-12-18(17)20/h2-13,19H,14H2,1H3,(H,22,23). The number of ether oxygens (including phenoxy) is 1. The number of rotatable bonds is 5. The van der Waals surface area contributed by atoms with Crippen molar-refractivity contribution in [3.05, 3.63) is 78.4 Å². The average molecular weight is 333 g/mol. The van der Waals surface area contributed by atoms with Crippen molar-refractivity contribution in [3.8, 4) is 5.75 Å². The molecule has 4 heteroatoms. The summed E-state index contributed by atoms with van der Waals surface area (Å²) in [7, 11) is 0. The molecule has 0 fully saturated rings. The van der Waals surface area contributed by atoms with Crippen LogP contribution < -0.4 is 10.1 Å². The van der Waals surface area contributed by atoms with Gasteiger partial charge in [-0.1, -0.05) is 66.7 Å². The van der Waals surface area contributed by atoms with E-state index in [9.17, 15) is 9.59 Å².